The molecule has 5 aromatic rings. The van der Waals surface area contributed by atoms with Crippen molar-refractivity contribution < 1.29 is 51.6 Å². The Morgan fingerprint density at radius 2 is 1.31 bits per heavy atom. The van der Waals surface area contributed by atoms with Gasteiger partial charge in [0.2, 0.25) is 0 Å². The van der Waals surface area contributed by atoms with Gasteiger partial charge >= 0.3 is 13.3 Å². The van der Waals surface area contributed by atoms with Crippen molar-refractivity contribution in [2.45, 2.75) is 120 Å². The molecule has 1 N–H and O–H groups in total. The summed E-state index contributed by atoms with van der Waals surface area (Å²) < 4.78 is 74.4. The van der Waals surface area contributed by atoms with Crippen molar-refractivity contribution in [3.8, 4) is 0 Å². The van der Waals surface area contributed by atoms with Gasteiger partial charge in [-0.25, -0.2) is 4.79 Å². The monoisotopic (exact) mass is 953 g/mol. The standard InChI is InChI=1S/C51H60N3O13P/c1-4-62-68(57,63-33-42-46-48(66-51(2,3)65-46)49(64-42)53-26-25-43(55)52-50(53)56)34-39-27-40-45(60-30-37-21-13-7-14-22-37)47(61-31-38-23-15-8-16-24-38)44(54(40)67-39)41(59-29-36-19-11-6-12-20-36)32-58-28-35-17-9-5-10-18-35/h5-26,39-42,44-49H,4,27-34H2,1-3H3,(H,52,55,56)/t39-,40-,41+,42+,44-,45-,46+,47-,48+,49+,68?/m0/s1. The van der Waals surface area contributed by atoms with E-state index in [1.54, 1.807) is 20.8 Å². The molecule has 0 bridgehead atoms. The summed E-state index contributed by atoms with van der Waals surface area (Å²) in [6, 6.07) is 40.3. The van der Waals surface area contributed by atoms with Gasteiger partial charge in [-0.2, -0.15) is 5.06 Å². The molecule has 1 aromatic heterocycles. The molecule has 17 heteroatoms. The Labute approximate surface area is 395 Å². The first-order chi connectivity index (χ1) is 33.0. The molecule has 1 unspecified atom stereocenters. The van der Waals surface area contributed by atoms with Gasteiger partial charge in [-0.05, 0) is 49.4 Å². The van der Waals surface area contributed by atoms with Gasteiger partial charge in [0, 0.05) is 12.3 Å². The SMILES string of the molecule is CCOP(=O)(C[C@@H]1C[C@H]2[C@H](OCc3ccccc3)[C@@H](OCc3ccccc3)[C@H]([C@@H](COCc3ccccc3)OCc3ccccc3)N2O1)OC[C@H]1O[C@@H](n2ccc(=O)[nH]c2=O)[C@@H]2OC(C)(C)O[C@@H]21. The second-order valence-electron chi connectivity index (χ2n) is 17.9. The topological polar surface area (TPSA) is 167 Å². The Kier molecular flexibility index (Phi) is 15.6. The summed E-state index contributed by atoms with van der Waals surface area (Å²) in [6.45, 7) is 6.69. The molecule has 4 fully saturated rings. The molecule has 4 aromatic carbocycles. The van der Waals surface area contributed by atoms with Crippen LogP contribution >= 0.6 is 7.60 Å². The van der Waals surface area contributed by atoms with Gasteiger partial charge in [0.1, 0.15) is 36.6 Å². The maximum Gasteiger partial charge on any atom is 0.333 e. The minimum Gasteiger partial charge on any atom is -0.374 e. The Hall–Kier alpha value is -4.65. The van der Waals surface area contributed by atoms with E-state index in [0.717, 1.165) is 22.3 Å². The highest BCUT2D eigenvalue weighted by molar-refractivity contribution is 7.53. The van der Waals surface area contributed by atoms with E-state index in [2.05, 4.69) is 4.98 Å². The van der Waals surface area contributed by atoms with Gasteiger partial charge in [-0.1, -0.05) is 121 Å². The van der Waals surface area contributed by atoms with Crippen LogP contribution in [-0.2, 0) is 78.0 Å². The van der Waals surface area contributed by atoms with Crippen LogP contribution in [-0.4, -0.2) is 101 Å². The van der Waals surface area contributed by atoms with Crippen LogP contribution in [0.1, 0.15) is 55.7 Å². The molecule has 5 heterocycles. The predicted octanol–water partition coefficient (Wildman–Crippen LogP) is 6.93. The number of hydroxylamine groups is 2. The van der Waals surface area contributed by atoms with E-state index in [1.165, 1.54) is 16.8 Å². The van der Waals surface area contributed by atoms with Gasteiger partial charge < -0.3 is 42.2 Å². The van der Waals surface area contributed by atoms with E-state index >= 15 is 0 Å². The number of rotatable bonds is 22. The zero-order chi connectivity index (χ0) is 47.1. The Balaban J connectivity index is 0.985. The third-order valence-electron chi connectivity index (χ3n) is 12.5. The van der Waals surface area contributed by atoms with Crippen molar-refractivity contribution in [3.63, 3.8) is 0 Å². The fraction of sp³-hybridized carbons (Fsp3) is 0.451. The maximum absolute atomic E-state index is 14.9. The van der Waals surface area contributed by atoms with Crippen molar-refractivity contribution >= 4 is 7.60 Å². The fourth-order valence-electron chi connectivity index (χ4n) is 9.52. The normalized spacial score (nSPS) is 27.7. The molecule has 0 saturated carbocycles. The lowest BCUT2D eigenvalue weighted by molar-refractivity contribution is -0.216. The number of aromatic amines is 1. The number of nitrogens with one attached hydrogen (secondary N) is 1. The Bertz CT molecular complexity index is 2540. The molecule has 0 amide bonds. The van der Waals surface area contributed by atoms with Crippen molar-refractivity contribution in [3.05, 3.63) is 177 Å². The van der Waals surface area contributed by atoms with Crippen LogP contribution in [0.15, 0.2) is 143 Å². The molecule has 4 saturated heterocycles. The minimum atomic E-state index is -3.91. The number of hydrogen-bond acceptors (Lipinski definition) is 14. The first kappa shape index (κ1) is 48.4. The van der Waals surface area contributed by atoms with Gasteiger partial charge in [0.05, 0.1) is 70.6 Å². The molecule has 0 radical (unpaired) electrons. The smallest absolute Gasteiger partial charge is 0.333 e. The summed E-state index contributed by atoms with van der Waals surface area (Å²) in [6.07, 6.45) is -3.78. The number of ether oxygens (including phenoxy) is 7. The summed E-state index contributed by atoms with van der Waals surface area (Å²) in [7, 11) is -3.91. The molecule has 68 heavy (non-hydrogen) atoms. The van der Waals surface area contributed by atoms with Gasteiger partial charge in [-0.15, -0.1) is 0 Å². The predicted molar refractivity (Wildman–Crippen MR) is 249 cm³/mol. The summed E-state index contributed by atoms with van der Waals surface area (Å²) >= 11 is 0. The van der Waals surface area contributed by atoms with Gasteiger partial charge in [0.15, 0.2) is 12.0 Å². The first-order valence-corrected chi connectivity index (χ1v) is 25.0. The molecule has 11 atom stereocenters. The lowest BCUT2D eigenvalue weighted by atomic mass is 10.00. The van der Waals surface area contributed by atoms with Gasteiger partial charge in [-0.3, -0.25) is 23.7 Å². The third kappa shape index (κ3) is 11.7. The molecule has 4 aliphatic heterocycles. The van der Waals surface area contributed by atoms with Gasteiger partial charge in [0.25, 0.3) is 5.56 Å². The lowest BCUT2D eigenvalue weighted by Gasteiger charge is -2.34. The second kappa shape index (κ2) is 22.0. The van der Waals surface area contributed by atoms with E-state index in [0.29, 0.717) is 32.8 Å². The molecular formula is C51H60N3O13P. The third-order valence-corrected chi connectivity index (χ3v) is 14.6. The number of fused-ring (bicyclic) bond motifs is 2. The lowest BCUT2D eigenvalue weighted by Crippen LogP contribution is -2.50. The van der Waals surface area contributed by atoms with Crippen LogP contribution in [0.5, 0.6) is 0 Å². The summed E-state index contributed by atoms with van der Waals surface area (Å²) in [5, 5.41) is 1.93. The Morgan fingerprint density at radius 3 is 1.91 bits per heavy atom. The highest BCUT2D eigenvalue weighted by Gasteiger charge is 2.60. The highest BCUT2D eigenvalue weighted by atomic mass is 31.2. The van der Waals surface area contributed by atoms with Crippen molar-refractivity contribution in [1.82, 2.24) is 14.6 Å². The highest BCUT2D eigenvalue weighted by Crippen LogP contribution is 2.53. The zero-order valence-corrected chi connectivity index (χ0v) is 39.4. The summed E-state index contributed by atoms with van der Waals surface area (Å²) in [5.41, 5.74) is 2.82. The molecule has 16 nitrogen and oxygen atoms in total. The van der Waals surface area contributed by atoms with Crippen LogP contribution in [0, 0.1) is 0 Å². The van der Waals surface area contributed by atoms with E-state index in [1.807, 2.05) is 126 Å². The molecule has 9 rings (SSSR count). The first-order valence-electron chi connectivity index (χ1n) is 23.3. The average molecular weight is 954 g/mol. The van der Waals surface area contributed by atoms with Crippen molar-refractivity contribution in [2.24, 2.45) is 0 Å². The van der Waals surface area contributed by atoms with Crippen molar-refractivity contribution in [1.29, 1.82) is 0 Å². The largest absolute Gasteiger partial charge is 0.374 e. The van der Waals surface area contributed by atoms with E-state index < -0.39 is 79.6 Å². The molecule has 4 aliphatic rings. The van der Waals surface area contributed by atoms with Crippen LogP contribution in [0.25, 0.3) is 0 Å². The van der Waals surface area contributed by atoms with E-state index in [-0.39, 0.29) is 32.0 Å². The van der Waals surface area contributed by atoms with Crippen LogP contribution in [0.4, 0.5) is 0 Å². The number of hydrogen-bond donors (Lipinski definition) is 1. The Morgan fingerprint density at radius 1 is 0.735 bits per heavy atom. The number of nitrogens with zero attached hydrogens (tertiary/aromatic N) is 2. The zero-order valence-electron chi connectivity index (χ0n) is 38.5. The number of H-pyrrole nitrogens is 1. The van der Waals surface area contributed by atoms with E-state index in [9.17, 15) is 14.2 Å². The van der Waals surface area contributed by atoms with Crippen LogP contribution < -0.4 is 11.2 Å². The summed E-state index contributed by atoms with van der Waals surface area (Å²) in [4.78, 5) is 34.0. The quantitative estimate of drug-likeness (QED) is 0.0710. The van der Waals surface area contributed by atoms with Crippen LogP contribution in [0.3, 0.4) is 0 Å². The maximum atomic E-state index is 14.9. The van der Waals surface area contributed by atoms with Crippen molar-refractivity contribution in [2.75, 3.05) is 26.0 Å². The fourth-order valence-corrected chi connectivity index (χ4v) is 11.3. The molecular weight excluding hydrogens is 894 g/mol. The molecule has 0 aliphatic carbocycles. The van der Waals surface area contributed by atoms with Crippen LogP contribution in [0.2, 0.25) is 0 Å². The summed E-state index contributed by atoms with van der Waals surface area (Å²) in [5.74, 6) is -1.01. The second-order valence-corrected chi connectivity index (χ2v) is 20.0. The number of aromatic nitrogens is 2. The molecule has 362 valence electrons. The molecule has 0 spiro atoms. The van der Waals surface area contributed by atoms with E-state index in [4.69, 9.17) is 47.0 Å². The minimum absolute atomic E-state index is 0.0893. The average Bonchev–Trinajstić information content (AvgIpc) is 4.06. The number of benzene rings is 4.